The Hall–Kier alpha value is 0.880. The summed E-state index contributed by atoms with van der Waals surface area (Å²) in [5.74, 6) is 0.854. The molecule has 16 heavy (non-hydrogen) atoms. The van der Waals surface area contributed by atoms with Crippen LogP contribution in [-0.2, 0) is 11.8 Å². The van der Waals surface area contributed by atoms with Crippen molar-refractivity contribution < 1.29 is 14.9 Å². The predicted octanol–water partition coefficient (Wildman–Crippen LogP) is 3.10. The molecule has 0 unspecified atom stereocenters. The van der Waals surface area contributed by atoms with Crippen LogP contribution in [0.5, 0.6) is 0 Å². The molecule has 6 heteroatoms. The summed E-state index contributed by atoms with van der Waals surface area (Å²) < 4.78 is 0. The Kier molecular flexibility index (Phi) is 14.8. The second kappa shape index (κ2) is 12.3. The van der Waals surface area contributed by atoms with Gasteiger partial charge in [0.1, 0.15) is 0 Å². The Bertz CT molecular complexity index is 175. The first-order valence-electron chi connectivity index (χ1n) is 5.66. The molecule has 0 saturated carbocycles. The third-order valence-electron chi connectivity index (χ3n) is 1.94. The predicted molar refractivity (Wildman–Crippen MR) is 77.3 cm³/mol. The number of hydrogen-bond donors (Lipinski definition) is 4. The molecule has 0 fully saturated rings. The molecule has 0 aliphatic heterocycles. The fraction of sp³-hybridized carbons (Fsp3) is 1.00. The smallest absolute Gasteiger partial charge is 0.239 e. The molecule has 0 saturated heterocycles. The van der Waals surface area contributed by atoms with E-state index in [-0.39, 0.29) is 0 Å². The topological polar surface area (TPSA) is 60.7 Å². The van der Waals surface area contributed by atoms with Crippen LogP contribution in [0.2, 0.25) is 0 Å². The van der Waals surface area contributed by atoms with Crippen LogP contribution in [-0.4, -0.2) is 21.5 Å². The molecule has 0 aromatic rings. The highest BCUT2D eigenvalue weighted by atomic mass is 32.9. The van der Waals surface area contributed by atoms with Crippen LogP contribution < -0.4 is 0 Å². The van der Waals surface area contributed by atoms with Crippen molar-refractivity contribution in [3.63, 3.8) is 0 Å². The number of aliphatic hydroxyl groups is 1. The van der Waals surface area contributed by atoms with Crippen molar-refractivity contribution in [2.45, 2.75) is 52.4 Å². The van der Waals surface area contributed by atoms with Crippen LogP contribution in [0.4, 0.5) is 0 Å². The molecule has 3 nitrogen and oxygen atoms in total. The molecule has 3 N–H and O–H groups in total. The molecule has 100 valence electrons. The third kappa shape index (κ3) is 36.4. The molecular formula is C10H25O3PS2. The summed E-state index contributed by atoms with van der Waals surface area (Å²) in [6.45, 7) is 4.91. The lowest BCUT2D eigenvalue weighted by molar-refractivity contribution is 0.282. The quantitative estimate of drug-likeness (QED) is 0.330. The Morgan fingerprint density at radius 1 is 1.06 bits per heavy atom. The van der Waals surface area contributed by atoms with Crippen LogP contribution in [0.25, 0.3) is 0 Å². The number of rotatable bonds is 7. The van der Waals surface area contributed by atoms with Crippen LogP contribution in [0, 0.1) is 5.92 Å². The summed E-state index contributed by atoms with van der Waals surface area (Å²) in [6, 6.07) is 0. The van der Waals surface area contributed by atoms with E-state index >= 15 is 0 Å². The van der Waals surface area contributed by atoms with Crippen molar-refractivity contribution >= 4 is 29.7 Å². The maximum Gasteiger partial charge on any atom is 0.239 e. The van der Waals surface area contributed by atoms with Gasteiger partial charge in [-0.25, -0.2) is 0 Å². The van der Waals surface area contributed by atoms with Crippen molar-refractivity contribution in [2.24, 2.45) is 5.92 Å². The Balaban J connectivity index is 0. The molecule has 0 spiro atoms. The molecule has 0 rings (SSSR count). The van der Waals surface area contributed by atoms with E-state index in [1.54, 1.807) is 0 Å². The summed E-state index contributed by atoms with van der Waals surface area (Å²) in [5, 5.41) is 8.51. The van der Waals surface area contributed by atoms with Gasteiger partial charge in [0, 0.05) is 6.61 Å². The summed E-state index contributed by atoms with van der Waals surface area (Å²) in [6.07, 6.45) is 7.56. The second-order valence-corrected chi connectivity index (χ2v) is 9.23. The highest BCUT2D eigenvalue weighted by Gasteiger charge is 1.93. The lowest BCUT2D eigenvalue weighted by Crippen LogP contribution is -1.88. The minimum Gasteiger partial charge on any atom is -0.396 e. The number of aliphatic hydroxyl groups excluding tert-OH is 1. The second-order valence-electron chi connectivity index (χ2n) is 4.19. The molecule has 0 heterocycles. The molecule has 0 radical (unpaired) electrons. The van der Waals surface area contributed by atoms with Crippen LogP contribution in [0.3, 0.4) is 0 Å². The summed E-state index contributed by atoms with van der Waals surface area (Å²) in [4.78, 5) is 15.7. The fourth-order valence-corrected chi connectivity index (χ4v) is 1.19. The van der Waals surface area contributed by atoms with Gasteiger partial charge >= 0.3 is 0 Å². The maximum absolute atomic E-state index is 8.51. The first kappa shape index (κ1) is 19.2. The zero-order valence-electron chi connectivity index (χ0n) is 10.2. The first-order valence-corrected chi connectivity index (χ1v) is 9.52. The average molecular weight is 288 g/mol. The van der Waals surface area contributed by atoms with E-state index in [0.717, 1.165) is 12.3 Å². The standard InChI is InChI=1S/C10H22O.H3O2PS2/c1-10(2)8-6-4-3-5-7-9-11;1-3(2,4)5/h10-11H,3-9H2,1-2H3;(H3,1,2,4,5). The largest absolute Gasteiger partial charge is 0.396 e. The van der Waals surface area contributed by atoms with E-state index in [2.05, 4.69) is 37.9 Å². The molecule has 0 amide bonds. The minimum absolute atomic E-state index is 0.365. The van der Waals surface area contributed by atoms with Gasteiger partial charge < -0.3 is 14.9 Å². The molecule has 0 aromatic carbocycles. The van der Waals surface area contributed by atoms with Gasteiger partial charge in [0.25, 0.3) is 0 Å². The van der Waals surface area contributed by atoms with E-state index in [1.807, 2.05) is 0 Å². The first-order chi connectivity index (χ1) is 7.27. The number of thiol groups is 1. The van der Waals surface area contributed by atoms with Gasteiger partial charge in [-0.05, 0) is 24.1 Å². The van der Waals surface area contributed by atoms with Crippen molar-refractivity contribution in [2.75, 3.05) is 6.61 Å². The molecule has 0 aliphatic carbocycles. The van der Waals surface area contributed by atoms with Crippen molar-refractivity contribution in [1.29, 1.82) is 0 Å². The Morgan fingerprint density at radius 3 is 1.81 bits per heavy atom. The normalized spacial score (nSPS) is 11.2. The van der Waals surface area contributed by atoms with Gasteiger partial charge in [-0.3, -0.25) is 0 Å². The highest BCUT2D eigenvalue weighted by molar-refractivity contribution is 8.59. The van der Waals surface area contributed by atoms with Crippen molar-refractivity contribution in [3.05, 3.63) is 0 Å². The van der Waals surface area contributed by atoms with Gasteiger partial charge in [-0.2, -0.15) is 0 Å². The third-order valence-corrected chi connectivity index (χ3v) is 1.94. The molecule has 0 aromatic heterocycles. The number of hydrogen-bond acceptors (Lipinski definition) is 2. The lowest BCUT2D eigenvalue weighted by Gasteiger charge is -2.03. The van der Waals surface area contributed by atoms with Gasteiger partial charge in [-0.15, -0.1) is 0 Å². The molecular weight excluding hydrogens is 263 g/mol. The van der Waals surface area contributed by atoms with E-state index < -0.39 is 5.69 Å². The van der Waals surface area contributed by atoms with Gasteiger partial charge in [0.2, 0.25) is 5.69 Å². The minimum atomic E-state index is -3.11. The molecule has 0 bridgehead atoms. The zero-order valence-corrected chi connectivity index (χ0v) is 12.8. The summed E-state index contributed by atoms with van der Waals surface area (Å²) >= 11 is 7.07. The lowest BCUT2D eigenvalue weighted by atomic mass is 10.0. The maximum atomic E-state index is 8.51. The summed E-state index contributed by atoms with van der Waals surface area (Å²) in [5.41, 5.74) is -3.11. The van der Waals surface area contributed by atoms with Crippen molar-refractivity contribution in [1.82, 2.24) is 0 Å². The van der Waals surface area contributed by atoms with Crippen LogP contribution in [0.15, 0.2) is 0 Å². The van der Waals surface area contributed by atoms with Gasteiger partial charge in [-0.1, -0.05) is 58.2 Å². The number of unbranched alkanes of at least 4 members (excludes halogenated alkanes) is 4. The van der Waals surface area contributed by atoms with E-state index in [0.29, 0.717) is 6.61 Å². The average Bonchev–Trinajstić information content (AvgIpc) is 2.08. The fourth-order valence-electron chi connectivity index (χ4n) is 1.19. The van der Waals surface area contributed by atoms with Crippen LogP contribution in [0.1, 0.15) is 52.4 Å². The summed E-state index contributed by atoms with van der Waals surface area (Å²) in [7, 11) is 0. The van der Waals surface area contributed by atoms with E-state index in [9.17, 15) is 0 Å². The Labute approximate surface area is 110 Å². The van der Waals surface area contributed by atoms with E-state index in [1.165, 1.54) is 32.1 Å². The highest BCUT2D eigenvalue weighted by Crippen LogP contribution is 2.39. The molecule has 0 atom stereocenters. The van der Waals surface area contributed by atoms with E-state index in [4.69, 9.17) is 14.9 Å². The monoisotopic (exact) mass is 288 g/mol. The SMILES string of the molecule is CC(C)CCCCCCCO.OP(O)(=S)S. The Morgan fingerprint density at radius 2 is 1.44 bits per heavy atom. The van der Waals surface area contributed by atoms with Crippen LogP contribution >= 0.6 is 17.9 Å². The van der Waals surface area contributed by atoms with Crippen molar-refractivity contribution in [3.8, 4) is 0 Å². The zero-order chi connectivity index (χ0) is 13.0. The molecule has 0 aliphatic rings. The van der Waals surface area contributed by atoms with Gasteiger partial charge in [0.15, 0.2) is 0 Å². The van der Waals surface area contributed by atoms with Gasteiger partial charge in [0.05, 0.1) is 0 Å².